The van der Waals surface area contributed by atoms with Crippen molar-refractivity contribution in [2.24, 2.45) is 11.7 Å². The second kappa shape index (κ2) is 7.07. The minimum Gasteiger partial charge on any atom is -0.352 e. The van der Waals surface area contributed by atoms with Crippen molar-refractivity contribution in [3.8, 4) is 0 Å². The third-order valence-corrected chi connectivity index (χ3v) is 3.92. The molecule has 1 heterocycles. The molecule has 5 nitrogen and oxygen atoms in total. The molecule has 0 aliphatic carbocycles. The highest BCUT2D eigenvalue weighted by molar-refractivity contribution is 5.85. The molecule has 1 saturated heterocycles. The van der Waals surface area contributed by atoms with Crippen molar-refractivity contribution in [2.45, 2.75) is 65.0 Å². The van der Waals surface area contributed by atoms with Gasteiger partial charge < -0.3 is 16.0 Å². The lowest BCUT2D eigenvalue weighted by molar-refractivity contribution is -0.135. The topological polar surface area (TPSA) is 75.4 Å². The van der Waals surface area contributed by atoms with Gasteiger partial charge in [-0.15, -0.1) is 0 Å². The molecular formula is C15H29N3O2. The van der Waals surface area contributed by atoms with Crippen molar-refractivity contribution >= 4 is 11.8 Å². The van der Waals surface area contributed by atoms with Gasteiger partial charge in [0.1, 0.15) is 0 Å². The zero-order chi connectivity index (χ0) is 15.3. The van der Waals surface area contributed by atoms with Crippen molar-refractivity contribution in [3.05, 3.63) is 0 Å². The maximum absolute atomic E-state index is 12.1. The second-order valence-electron chi connectivity index (χ2n) is 6.40. The highest BCUT2D eigenvalue weighted by Crippen LogP contribution is 2.15. The van der Waals surface area contributed by atoms with Crippen molar-refractivity contribution in [1.82, 2.24) is 10.2 Å². The molecule has 1 aliphatic rings. The predicted octanol–water partition coefficient (Wildman–Crippen LogP) is 1.27. The van der Waals surface area contributed by atoms with Gasteiger partial charge in [-0.25, -0.2) is 0 Å². The van der Waals surface area contributed by atoms with Crippen LogP contribution in [0, 0.1) is 5.92 Å². The lowest BCUT2D eigenvalue weighted by atomic mass is 9.95. The largest absolute Gasteiger partial charge is 0.352 e. The van der Waals surface area contributed by atoms with Gasteiger partial charge in [0.05, 0.1) is 5.54 Å². The van der Waals surface area contributed by atoms with Crippen molar-refractivity contribution in [2.75, 3.05) is 13.1 Å². The van der Waals surface area contributed by atoms with E-state index in [0.29, 0.717) is 6.42 Å². The fourth-order valence-corrected chi connectivity index (χ4v) is 2.59. The Hall–Kier alpha value is -1.10. The van der Waals surface area contributed by atoms with Crippen LogP contribution < -0.4 is 11.1 Å². The number of nitrogens with one attached hydrogen (secondary N) is 1. The lowest BCUT2D eigenvalue weighted by Gasteiger charge is -2.35. The van der Waals surface area contributed by atoms with E-state index in [1.54, 1.807) is 6.92 Å². The zero-order valence-corrected chi connectivity index (χ0v) is 13.2. The average Bonchev–Trinajstić information content (AvgIpc) is 2.38. The van der Waals surface area contributed by atoms with E-state index in [1.165, 1.54) is 0 Å². The molecule has 1 aliphatic heterocycles. The summed E-state index contributed by atoms with van der Waals surface area (Å²) >= 11 is 0. The number of likely N-dealkylation sites (tertiary alicyclic amines) is 1. The molecule has 3 N–H and O–H groups in total. The van der Waals surface area contributed by atoms with Crippen molar-refractivity contribution in [3.63, 3.8) is 0 Å². The third-order valence-electron chi connectivity index (χ3n) is 3.92. The number of carbonyl (C=O) groups is 2. The minimum atomic E-state index is -0.792. The van der Waals surface area contributed by atoms with E-state index in [0.717, 1.165) is 32.4 Å². The fraction of sp³-hybridized carbons (Fsp3) is 0.867. The number of piperidine rings is 1. The Morgan fingerprint density at radius 3 is 2.35 bits per heavy atom. The summed E-state index contributed by atoms with van der Waals surface area (Å²) in [5.41, 5.74) is 5.23. The molecule has 0 aromatic carbocycles. The summed E-state index contributed by atoms with van der Waals surface area (Å²) in [5.74, 6) is 0.162. The van der Waals surface area contributed by atoms with E-state index in [2.05, 4.69) is 5.32 Å². The number of rotatable bonds is 5. The van der Waals surface area contributed by atoms with Crippen LogP contribution in [0.15, 0.2) is 0 Å². The summed E-state index contributed by atoms with van der Waals surface area (Å²) < 4.78 is 0. The number of hydrogen-bond donors (Lipinski definition) is 2. The third kappa shape index (κ3) is 4.47. The van der Waals surface area contributed by atoms with Crippen LogP contribution in [0.25, 0.3) is 0 Å². The normalized spacial score (nSPS) is 19.8. The highest BCUT2D eigenvalue weighted by atomic mass is 16.2. The van der Waals surface area contributed by atoms with Gasteiger partial charge in [-0.3, -0.25) is 9.59 Å². The number of carbonyl (C=O) groups excluding carboxylic acids is 2. The molecule has 20 heavy (non-hydrogen) atoms. The molecule has 2 amide bonds. The first-order chi connectivity index (χ1) is 9.27. The Morgan fingerprint density at radius 2 is 1.90 bits per heavy atom. The van der Waals surface area contributed by atoms with E-state index in [-0.39, 0.29) is 23.8 Å². The number of hydrogen-bond acceptors (Lipinski definition) is 3. The standard InChI is InChI=1S/C15H29N3O2/c1-5-8-15(4,16)14(20)17-12-6-9-18(10-7-12)13(19)11(2)3/h11-12H,5-10,16H2,1-4H3,(H,17,20). The maximum atomic E-state index is 12.1. The Kier molecular flexibility index (Phi) is 5.99. The van der Waals surface area contributed by atoms with E-state index < -0.39 is 5.54 Å². The van der Waals surface area contributed by atoms with Gasteiger partial charge in [0.2, 0.25) is 11.8 Å². The van der Waals surface area contributed by atoms with E-state index in [1.807, 2.05) is 25.7 Å². The van der Waals surface area contributed by atoms with Crippen LogP contribution >= 0.6 is 0 Å². The molecule has 5 heteroatoms. The molecule has 116 valence electrons. The van der Waals surface area contributed by atoms with Crippen LogP contribution in [0.4, 0.5) is 0 Å². The number of amides is 2. The first-order valence-corrected chi connectivity index (χ1v) is 7.66. The van der Waals surface area contributed by atoms with Crippen molar-refractivity contribution in [1.29, 1.82) is 0 Å². The summed E-state index contributed by atoms with van der Waals surface area (Å²) in [6.07, 6.45) is 3.20. The number of nitrogens with zero attached hydrogens (tertiary/aromatic N) is 1. The smallest absolute Gasteiger partial charge is 0.240 e. The van der Waals surface area contributed by atoms with Crippen LogP contribution in [-0.2, 0) is 9.59 Å². The van der Waals surface area contributed by atoms with Crippen LogP contribution in [0.2, 0.25) is 0 Å². The molecule has 0 aromatic heterocycles. The molecule has 0 saturated carbocycles. The van der Waals surface area contributed by atoms with Crippen LogP contribution in [0.5, 0.6) is 0 Å². The zero-order valence-electron chi connectivity index (χ0n) is 13.2. The van der Waals surface area contributed by atoms with Gasteiger partial charge in [0.25, 0.3) is 0 Å². The SMILES string of the molecule is CCCC(C)(N)C(=O)NC1CCN(C(=O)C(C)C)CC1. The predicted molar refractivity (Wildman–Crippen MR) is 80.1 cm³/mol. The second-order valence-corrected chi connectivity index (χ2v) is 6.40. The summed E-state index contributed by atoms with van der Waals surface area (Å²) in [5, 5.41) is 3.03. The van der Waals surface area contributed by atoms with Gasteiger partial charge >= 0.3 is 0 Å². The molecule has 1 fully saturated rings. The van der Waals surface area contributed by atoms with Crippen LogP contribution in [-0.4, -0.2) is 41.4 Å². The molecular weight excluding hydrogens is 254 g/mol. The van der Waals surface area contributed by atoms with E-state index in [9.17, 15) is 9.59 Å². The summed E-state index contributed by atoms with van der Waals surface area (Å²) in [4.78, 5) is 25.9. The van der Waals surface area contributed by atoms with E-state index in [4.69, 9.17) is 5.73 Å². The highest BCUT2D eigenvalue weighted by Gasteiger charge is 2.31. The Labute approximate surface area is 122 Å². The molecule has 0 bridgehead atoms. The Balaban J connectivity index is 2.43. The van der Waals surface area contributed by atoms with Crippen LogP contribution in [0.1, 0.15) is 53.4 Å². The molecule has 1 rings (SSSR count). The molecule has 0 radical (unpaired) electrons. The summed E-state index contributed by atoms with van der Waals surface area (Å²) in [7, 11) is 0. The van der Waals surface area contributed by atoms with Gasteiger partial charge in [-0.2, -0.15) is 0 Å². The van der Waals surface area contributed by atoms with Gasteiger partial charge in [-0.05, 0) is 26.2 Å². The minimum absolute atomic E-state index is 0.0398. The molecule has 0 aromatic rings. The fourth-order valence-electron chi connectivity index (χ4n) is 2.59. The first-order valence-electron chi connectivity index (χ1n) is 7.66. The Bertz CT molecular complexity index is 345. The molecule has 1 atom stereocenters. The maximum Gasteiger partial charge on any atom is 0.240 e. The summed E-state index contributed by atoms with van der Waals surface area (Å²) in [6, 6.07) is 0.137. The van der Waals surface area contributed by atoms with Gasteiger partial charge in [0, 0.05) is 25.0 Å². The van der Waals surface area contributed by atoms with Gasteiger partial charge in [0.15, 0.2) is 0 Å². The quantitative estimate of drug-likeness (QED) is 0.798. The number of nitrogens with two attached hydrogens (primary N) is 1. The molecule has 1 unspecified atom stereocenters. The lowest BCUT2D eigenvalue weighted by Crippen LogP contribution is -2.56. The summed E-state index contributed by atoms with van der Waals surface area (Å²) in [6.45, 7) is 9.08. The van der Waals surface area contributed by atoms with Crippen molar-refractivity contribution < 1.29 is 9.59 Å². The molecule has 0 spiro atoms. The average molecular weight is 283 g/mol. The Morgan fingerprint density at radius 1 is 1.35 bits per heavy atom. The monoisotopic (exact) mass is 283 g/mol. The first kappa shape index (κ1) is 17.0. The van der Waals surface area contributed by atoms with Gasteiger partial charge in [-0.1, -0.05) is 27.2 Å². The van der Waals surface area contributed by atoms with Crippen LogP contribution in [0.3, 0.4) is 0 Å². The van der Waals surface area contributed by atoms with E-state index >= 15 is 0 Å².